The number of fused-ring (bicyclic) bond motifs is 4. The van der Waals surface area contributed by atoms with Crippen LogP contribution >= 0.6 is 34.8 Å². The molecular formula is C33H20Cl3F5N2O5. The molecular weight excluding hydrogens is 706 g/mol. The molecule has 0 aromatic heterocycles. The van der Waals surface area contributed by atoms with Crippen molar-refractivity contribution < 1.29 is 46.2 Å². The Hall–Kier alpha value is -4.00. The number of anilines is 2. The van der Waals surface area contributed by atoms with Gasteiger partial charge in [0.1, 0.15) is 11.4 Å². The third-order valence-corrected chi connectivity index (χ3v) is 11.7. The first kappa shape index (κ1) is 32.5. The molecule has 1 saturated carbocycles. The monoisotopic (exact) mass is 724 g/mol. The zero-order valence-electron chi connectivity index (χ0n) is 24.3. The lowest BCUT2D eigenvalue weighted by molar-refractivity contribution is -0.125. The highest BCUT2D eigenvalue weighted by atomic mass is 35.5. The number of allylic oxidation sites excluding steroid dienone is 2. The van der Waals surface area contributed by atoms with Gasteiger partial charge in [0.25, 0.3) is 11.8 Å². The number of aromatic hydroxyl groups is 1. The molecule has 2 saturated heterocycles. The normalized spacial score (nSPS) is 29.6. The van der Waals surface area contributed by atoms with Crippen molar-refractivity contribution in [2.75, 3.05) is 9.80 Å². The van der Waals surface area contributed by atoms with Crippen LogP contribution in [0.1, 0.15) is 29.9 Å². The van der Waals surface area contributed by atoms with Gasteiger partial charge in [-0.2, -0.15) is 0 Å². The maximum Gasteiger partial charge on any atom is 0.258 e. The standard InChI is InChI=1S/C33H20Cl3F5N2O5/c1-12-5-6-14(10-19(12)34)42-28(45)17-8-7-16-18(20(17)29(42)46)11-32(35)30(47)43(27-25(40)23(38)22(37)24(39)26(27)41)31(48)33(32,36)21(16)13-3-2-4-15(44)9-13/h2-7,9-10,17-18,20-21,44H,8,11H2,1H3/t17-,18+,20-,21-,32+,33-/m0/s1. The van der Waals surface area contributed by atoms with Gasteiger partial charge in [-0.05, 0) is 61.1 Å². The van der Waals surface area contributed by atoms with Gasteiger partial charge in [0.15, 0.2) is 33.0 Å². The molecule has 6 atom stereocenters. The average Bonchev–Trinajstić information content (AvgIpc) is 3.38. The minimum Gasteiger partial charge on any atom is -0.508 e. The van der Waals surface area contributed by atoms with Crippen LogP contribution in [0.5, 0.6) is 5.75 Å². The lowest BCUT2D eigenvalue weighted by Gasteiger charge is -2.50. The Morgan fingerprint density at radius 3 is 2.08 bits per heavy atom. The molecule has 4 amide bonds. The van der Waals surface area contributed by atoms with Gasteiger partial charge >= 0.3 is 0 Å². The number of halogens is 8. The summed E-state index contributed by atoms with van der Waals surface area (Å²) in [6, 6.07) is 9.89. The SMILES string of the molecule is Cc1ccc(N2C(=O)[C@H]3[C@H](CC=C4[C@H]3C[C@@]3(Cl)C(=O)N(c5c(F)c(F)c(F)c(F)c5F)C(=O)[C@@]3(Cl)[C@H]4c3cccc(O)c3)C2=O)cc1Cl. The molecule has 3 aromatic rings. The summed E-state index contributed by atoms with van der Waals surface area (Å²) in [7, 11) is 0. The molecule has 1 N–H and O–H groups in total. The van der Waals surface area contributed by atoms with Crippen LogP contribution in [0.25, 0.3) is 0 Å². The average molecular weight is 726 g/mol. The molecule has 2 aliphatic heterocycles. The fourth-order valence-corrected chi connectivity index (χ4v) is 8.73. The molecule has 3 fully saturated rings. The van der Waals surface area contributed by atoms with Crippen LogP contribution in [-0.2, 0) is 19.2 Å². The number of alkyl halides is 2. The van der Waals surface area contributed by atoms with E-state index in [1.807, 2.05) is 0 Å². The molecule has 248 valence electrons. The number of phenols is 1. The van der Waals surface area contributed by atoms with E-state index < -0.39 is 98.2 Å². The lowest BCUT2D eigenvalue weighted by atomic mass is 9.56. The van der Waals surface area contributed by atoms with Gasteiger partial charge in [-0.25, -0.2) is 31.8 Å². The van der Waals surface area contributed by atoms with Gasteiger partial charge in [0.2, 0.25) is 17.6 Å². The topological polar surface area (TPSA) is 95.0 Å². The van der Waals surface area contributed by atoms with Crippen molar-refractivity contribution in [2.24, 2.45) is 17.8 Å². The number of phenolic OH excluding ortho intramolecular Hbond substituents is 1. The second-order valence-electron chi connectivity index (χ2n) is 12.2. The van der Waals surface area contributed by atoms with E-state index in [4.69, 9.17) is 34.8 Å². The van der Waals surface area contributed by atoms with Crippen LogP contribution in [0.15, 0.2) is 54.1 Å². The maximum absolute atomic E-state index is 15.1. The first-order valence-corrected chi connectivity index (χ1v) is 15.6. The molecule has 48 heavy (non-hydrogen) atoms. The number of amides is 4. The summed E-state index contributed by atoms with van der Waals surface area (Å²) < 4.78 is 72.9. The molecule has 0 bridgehead atoms. The van der Waals surface area contributed by atoms with Crippen LogP contribution in [0.4, 0.5) is 33.3 Å². The van der Waals surface area contributed by atoms with E-state index in [0.717, 1.165) is 4.90 Å². The maximum atomic E-state index is 15.1. The summed E-state index contributed by atoms with van der Waals surface area (Å²) in [6.07, 6.45) is 0.896. The Balaban J connectivity index is 1.42. The van der Waals surface area contributed by atoms with Gasteiger partial charge in [-0.15, -0.1) is 23.2 Å². The first-order valence-electron chi connectivity index (χ1n) is 14.5. The molecule has 2 aliphatic carbocycles. The van der Waals surface area contributed by atoms with Crippen LogP contribution in [0, 0.1) is 53.8 Å². The molecule has 0 unspecified atom stereocenters. The highest BCUT2D eigenvalue weighted by Crippen LogP contribution is 2.66. The largest absolute Gasteiger partial charge is 0.508 e. The summed E-state index contributed by atoms with van der Waals surface area (Å²) in [5.41, 5.74) is -0.640. The molecule has 0 spiro atoms. The minimum absolute atomic E-state index is 0.0295. The van der Waals surface area contributed by atoms with Gasteiger partial charge in [-0.1, -0.05) is 41.4 Å². The second-order valence-corrected chi connectivity index (χ2v) is 13.9. The highest BCUT2D eigenvalue weighted by molar-refractivity contribution is 6.58. The number of imide groups is 2. The van der Waals surface area contributed by atoms with Crippen molar-refractivity contribution in [1.82, 2.24) is 0 Å². The zero-order valence-corrected chi connectivity index (χ0v) is 26.6. The van der Waals surface area contributed by atoms with Crippen molar-refractivity contribution in [3.8, 4) is 5.75 Å². The Morgan fingerprint density at radius 2 is 1.46 bits per heavy atom. The zero-order chi connectivity index (χ0) is 34.8. The Bertz CT molecular complexity index is 2030. The predicted octanol–water partition coefficient (Wildman–Crippen LogP) is 6.82. The molecule has 7 rings (SSSR count). The summed E-state index contributed by atoms with van der Waals surface area (Å²) in [4.78, 5) is 51.7. The molecule has 2 heterocycles. The Labute approximate surface area is 283 Å². The summed E-state index contributed by atoms with van der Waals surface area (Å²) in [5, 5.41) is 10.7. The van der Waals surface area contributed by atoms with Crippen LogP contribution in [0.3, 0.4) is 0 Å². The van der Waals surface area contributed by atoms with Gasteiger partial charge in [-0.3, -0.25) is 19.2 Å². The van der Waals surface area contributed by atoms with Crippen LogP contribution in [-0.4, -0.2) is 38.5 Å². The van der Waals surface area contributed by atoms with E-state index in [1.165, 1.54) is 36.4 Å². The number of carbonyl (C=O) groups is 4. The first-order chi connectivity index (χ1) is 22.6. The third kappa shape index (κ3) is 4.05. The van der Waals surface area contributed by atoms with E-state index in [9.17, 15) is 37.5 Å². The molecule has 0 radical (unpaired) electrons. The Kier molecular flexibility index (Phi) is 7.29. The van der Waals surface area contributed by atoms with E-state index in [2.05, 4.69) is 0 Å². The van der Waals surface area contributed by atoms with Crippen LogP contribution < -0.4 is 9.80 Å². The van der Waals surface area contributed by atoms with Crippen LogP contribution in [0.2, 0.25) is 5.02 Å². The van der Waals surface area contributed by atoms with Gasteiger partial charge in [0.05, 0.1) is 17.5 Å². The number of benzene rings is 3. The fourth-order valence-electron chi connectivity index (χ4n) is 7.62. The minimum atomic E-state index is -2.68. The smallest absolute Gasteiger partial charge is 0.258 e. The van der Waals surface area contributed by atoms with Crippen molar-refractivity contribution in [3.05, 3.63) is 99.3 Å². The van der Waals surface area contributed by atoms with Gasteiger partial charge in [0, 0.05) is 10.9 Å². The molecule has 7 nitrogen and oxygen atoms in total. The molecule has 3 aromatic carbocycles. The summed E-state index contributed by atoms with van der Waals surface area (Å²) >= 11 is 20.4. The molecule has 4 aliphatic rings. The van der Waals surface area contributed by atoms with Crippen molar-refractivity contribution >= 4 is 69.8 Å². The third-order valence-electron chi connectivity index (χ3n) is 9.84. The van der Waals surface area contributed by atoms with E-state index in [0.29, 0.717) is 10.6 Å². The summed E-state index contributed by atoms with van der Waals surface area (Å²) in [5.74, 6) is -21.7. The quantitative estimate of drug-likeness (QED) is 0.0800. The van der Waals surface area contributed by atoms with Crippen molar-refractivity contribution in [2.45, 2.75) is 35.4 Å². The number of hydrogen-bond acceptors (Lipinski definition) is 5. The second kappa shape index (κ2) is 10.8. The summed E-state index contributed by atoms with van der Waals surface area (Å²) in [6.45, 7) is 1.73. The van der Waals surface area contributed by atoms with E-state index in [-0.39, 0.29) is 33.9 Å². The Morgan fingerprint density at radius 1 is 0.812 bits per heavy atom. The van der Waals surface area contributed by atoms with E-state index in [1.54, 1.807) is 19.1 Å². The van der Waals surface area contributed by atoms with Crippen molar-refractivity contribution in [1.29, 1.82) is 0 Å². The fraction of sp³-hybridized carbons (Fsp3) is 0.273. The number of rotatable bonds is 3. The number of carbonyl (C=O) groups excluding carboxylic acids is 4. The van der Waals surface area contributed by atoms with E-state index >= 15 is 8.78 Å². The highest BCUT2D eigenvalue weighted by Gasteiger charge is 2.77. The number of hydrogen-bond donors (Lipinski definition) is 1. The number of aryl methyl sites for hydroxylation is 1. The molecule has 15 heteroatoms. The predicted molar refractivity (Wildman–Crippen MR) is 163 cm³/mol. The van der Waals surface area contributed by atoms with Gasteiger partial charge < -0.3 is 5.11 Å². The lowest BCUT2D eigenvalue weighted by Crippen LogP contribution is -2.60. The van der Waals surface area contributed by atoms with Crippen molar-refractivity contribution in [3.63, 3.8) is 0 Å². The number of nitrogens with zero attached hydrogens (tertiary/aromatic N) is 2.